The van der Waals surface area contributed by atoms with Crippen LogP contribution in [0.4, 0.5) is 5.69 Å². The van der Waals surface area contributed by atoms with E-state index < -0.39 is 0 Å². The first kappa shape index (κ1) is 25.6. The molecule has 0 radical (unpaired) electrons. The molecule has 1 atom stereocenters. The first-order chi connectivity index (χ1) is 18.5. The molecule has 1 aliphatic rings. The number of aryl methyl sites for hydroxylation is 1. The molecular formula is C32H35N3O3. The molecule has 0 aliphatic carbocycles. The van der Waals surface area contributed by atoms with E-state index in [9.17, 15) is 9.59 Å². The van der Waals surface area contributed by atoms with Crippen LogP contribution in [0.15, 0.2) is 72.9 Å². The van der Waals surface area contributed by atoms with Crippen LogP contribution in [0.25, 0.3) is 10.9 Å². The normalized spacial score (nSPS) is 14.3. The number of aromatic amines is 1. The number of benzene rings is 3. The number of esters is 1. The number of ether oxygens (including phenoxy) is 1. The van der Waals surface area contributed by atoms with Gasteiger partial charge in [-0.05, 0) is 66.6 Å². The predicted octanol–water partition coefficient (Wildman–Crippen LogP) is 5.63. The Balaban J connectivity index is 1.43. The fourth-order valence-electron chi connectivity index (χ4n) is 5.40. The third kappa shape index (κ3) is 5.75. The fraction of sp³-hybridized carbons (Fsp3) is 0.312. The van der Waals surface area contributed by atoms with Gasteiger partial charge in [0.25, 0.3) is 0 Å². The van der Waals surface area contributed by atoms with E-state index in [0.29, 0.717) is 0 Å². The number of methoxy groups -OCH3 is 1. The van der Waals surface area contributed by atoms with E-state index in [1.807, 2.05) is 42.6 Å². The van der Waals surface area contributed by atoms with E-state index in [-0.39, 0.29) is 30.8 Å². The number of carbonyl (C=O) groups is 2. The zero-order valence-electron chi connectivity index (χ0n) is 22.1. The van der Waals surface area contributed by atoms with Gasteiger partial charge in [-0.25, -0.2) is 0 Å². The summed E-state index contributed by atoms with van der Waals surface area (Å²) in [5, 5.41) is 4.28. The van der Waals surface area contributed by atoms with E-state index in [4.69, 9.17) is 4.74 Å². The molecule has 5 rings (SSSR count). The number of piperidine rings is 1. The van der Waals surface area contributed by atoms with E-state index in [2.05, 4.69) is 52.5 Å². The summed E-state index contributed by atoms with van der Waals surface area (Å²) in [7, 11) is 1.39. The number of nitrogens with zero attached hydrogens (tertiary/aromatic N) is 1. The number of anilines is 1. The van der Waals surface area contributed by atoms with Gasteiger partial charge in [-0.15, -0.1) is 0 Å². The summed E-state index contributed by atoms with van der Waals surface area (Å²) in [5.41, 5.74) is 7.30. The summed E-state index contributed by atoms with van der Waals surface area (Å²) in [4.78, 5) is 31.0. The molecule has 4 aromatic rings. The van der Waals surface area contributed by atoms with Crippen LogP contribution < -0.4 is 10.2 Å². The largest absolute Gasteiger partial charge is 0.469 e. The number of H-pyrrole nitrogens is 1. The minimum absolute atomic E-state index is 0.0478. The minimum atomic E-state index is -0.289. The molecule has 1 amide bonds. The van der Waals surface area contributed by atoms with Crippen LogP contribution in [-0.2, 0) is 27.2 Å². The van der Waals surface area contributed by atoms with E-state index in [1.165, 1.54) is 37.6 Å². The molecule has 38 heavy (non-hydrogen) atoms. The fourth-order valence-corrected chi connectivity index (χ4v) is 5.40. The van der Waals surface area contributed by atoms with Crippen molar-refractivity contribution in [3.05, 3.63) is 101 Å². The average molecular weight is 510 g/mol. The van der Waals surface area contributed by atoms with E-state index in [0.717, 1.165) is 46.2 Å². The first-order valence-electron chi connectivity index (χ1n) is 13.4. The number of carbonyl (C=O) groups excluding carboxylic acids is 2. The highest BCUT2D eigenvalue weighted by molar-refractivity contribution is 5.89. The second-order valence-corrected chi connectivity index (χ2v) is 10.1. The zero-order valence-corrected chi connectivity index (χ0v) is 22.1. The quantitative estimate of drug-likeness (QED) is 0.302. The highest BCUT2D eigenvalue weighted by Crippen LogP contribution is 2.33. The van der Waals surface area contributed by atoms with Gasteiger partial charge < -0.3 is 19.9 Å². The molecular weight excluding hydrogens is 474 g/mol. The van der Waals surface area contributed by atoms with Crippen molar-refractivity contribution in [1.29, 1.82) is 0 Å². The molecule has 6 nitrogen and oxygen atoms in total. The van der Waals surface area contributed by atoms with Gasteiger partial charge in [0.2, 0.25) is 5.91 Å². The third-order valence-corrected chi connectivity index (χ3v) is 7.39. The number of fused-ring (bicyclic) bond motifs is 1. The van der Waals surface area contributed by atoms with Crippen LogP contribution >= 0.6 is 0 Å². The Morgan fingerprint density at radius 3 is 2.53 bits per heavy atom. The van der Waals surface area contributed by atoms with Crippen molar-refractivity contribution in [2.24, 2.45) is 0 Å². The van der Waals surface area contributed by atoms with Crippen molar-refractivity contribution < 1.29 is 14.3 Å². The molecule has 6 heteroatoms. The molecule has 2 N–H and O–H groups in total. The Bertz CT molecular complexity index is 1420. The van der Waals surface area contributed by atoms with Crippen LogP contribution in [0, 0.1) is 6.92 Å². The maximum atomic E-state index is 13.5. The van der Waals surface area contributed by atoms with Gasteiger partial charge in [-0.2, -0.15) is 0 Å². The molecule has 0 saturated carbocycles. The molecule has 1 aliphatic heterocycles. The maximum absolute atomic E-state index is 13.5. The topological polar surface area (TPSA) is 74.4 Å². The third-order valence-electron chi connectivity index (χ3n) is 7.39. The SMILES string of the molecule is COC(=O)Cc1c[nH]c2ccc(CC(=O)NC(c3ccccc3)c3ccc(C)cc3N3CCCCC3)cc12. The Labute approximate surface area is 224 Å². The highest BCUT2D eigenvalue weighted by Gasteiger charge is 2.24. The second kappa shape index (κ2) is 11.5. The molecule has 0 bridgehead atoms. The van der Waals surface area contributed by atoms with E-state index in [1.54, 1.807) is 0 Å². The number of hydrogen-bond donors (Lipinski definition) is 2. The van der Waals surface area contributed by atoms with Crippen molar-refractivity contribution in [3.63, 3.8) is 0 Å². The van der Waals surface area contributed by atoms with Crippen LogP contribution in [0.3, 0.4) is 0 Å². The lowest BCUT2D eigenvalue weighted by atomic mass is 9.94. The Kier molecular flexibility index (Phi) is 7.78. The first-order valence-corrected chi connectivity index (χ1v) is 13.4. The lowest BCUT2D eigenvalue weighted by Crippen LogP contribution is -2.34. The average Bonchev–Trinajstić information content (AvgIpc) is 3.34. The molecule has 1 aromatic heterocycles. The van der Waals surface area contributed by atoms with Gasteiger partial charge in [0.15, 0.2) is 0 Å². The standard InChI is InChI=1S/C32H35N3O3/c1-22-11-13-26(29(17-22)35-15-7-4-8-16-35)32(24-9-5-3-6-10-24)34-30(36)19-23-12-14-28-27(18-23)25(21-33-28)20-31(37)38-2/h3,5-6,9-14,17-18,21,32-33H,4,7-8,15-16,19-20H2,1-2H3,(H,34,36). The monoisotopic (exact) mass is 509 g/mol. The van der Waals surface area contributed by atoms with Crippen molar-refractivity contribution in [1.82, 2.24) is 10.3 Å². The molecule has 2 heterocycles. The van der Waals surface area contributed by atoms with Crippen LogP contribution in [0.5, 0.6) is 0 Å². The van der Waals surface area contributed by atoms with Gasteiger partial charge in [-0.1, -0.05) is 48.5 Å². The summed E-state index contributed by atoms with van der Waals surface area (Å²) < 4.78 is 4.84. The molecule has 3 aromatic carbocycles. The molecule has 1 unspecified atom stereocenters. The predicted molar refractivity (Wildman–Crippen MR) is 151 cm³/mol. The summed E-state index contributed by atoms with van der Waals surface area (Å²) >= 11 is 0. The minimum Gasteiger partial charge on any atom is -0.469 e. The van der Waals surface area contributed by atoms with Gasteiger partial charge in [0, 0.05) is 41.4 Å². The summed E-state index contributed by atoms with van der Waals surface area (Å²) in [6.45, 7) is 4.20. The molecule has 0 spiro atoms. The smallest absolute Gasteiger partial charge is 0.310 e. The summed E-state index contributed by atoms with van der Waals surface area (Å²) in [5.74, 6) is -0.337. The number of hydrogen-bond acceptors (Lipinski definition) is 4. The molecule has 196 valence electrons. The zero-order chi connectivity index (χ0) is 26.5. The summed E-state index contributed by atoms with van der Waals surface area (Å²) in [6, 6.07) is 22.4. The second-order valence-electron chi connectivity index (χ2n) is 10.1. The van der Waals surface area contributed by atoms with Crippen molar-refractivity contribution in [3.8, 4) is 0 Å². The van der Waals surface area contributed by atoms with Crippen molar-refractivity contribution >= 4 is 28.5 Å². The summed E-state index contributed by atoms with van der Waals surface area (Å²) in [6.07, 6.45) is 5.91. The highest BCUT2D eigenvalue weighted by atomic mass is 16.5. The van der Waals surface area contributed by atoms with Crippen LogP contribution in [-0.4, -0.2) is 37.1 Å². The number of rotatable bonds is 8. The Morgan fingerprint density at radius 1 is 0.974 bits per heavy atom. The van der Waals surface area contributed by atoms with E-state index >= 15 is 0 Å². The number of nitrogens with one attached hydrogen (secondary N) is 2. The molecule has 1 saturated heterocycles. The van der Waals surface area contributed by atoms with Gasteiger partial charge in [0.1, 0.15) is 0 Å². The Morgan fingerprint density at radius 2 is 1.76 bits per heavy atom. The molecule has 1 fully saturated rings. The van der Waals surface area contributed by atoms with Crippen LogP contribution in [0.1, 0.15) is 53.1 Å². The Hall–Kier alpha value is -4.06. The lowest BCUT2D eigenvalue weighted by Gasteiger charge is -2.33. The van der Waals surface area contributed by atoms with Crippen LogP contribution in [0.2, 0.25) is 0 Å². The van der Waals surface area contributed by atoms with Gasteiger partial charge in [0.05, 0.1) is 26.0 Å². The van der Waals surface area contributed by atoms with Gasteiger partial charge >= 0.3 is 5.97 Å². The van der Waals surface area contributed by atoms with Crippen molar-refractivity contribution in [2.45, 2.75) is 45.1 Å². The lowest BCUT2D eigenvalue weighted by molar-refractivity contribution is -0.139. The maximum Gasteiger partial charge on any atom is 0.310 e. The number of aromatic nitrogens is 1. The van der Waals surface area contributed by atoms with Gasteiger partial charge in [-0.3, -0.25) is 9.59 Å². The van der Waals surface area contributed by atoms with Crippen molar-refractivity contribution in [2.75, 3.05) is 25.1 Å². The number of amides is 1.